The van der Waals surface area contributed by atoms with Gasteiger partial charge in [0.25, 0.3) is 0 Å². The zero-order valence-electron chi connectivity index (χ0n) is 14.9. The third kappa shape index (κ3) is 4.33. The molecule has 1 fully saturated rings. The molecule has 0 unspecified atom stereocenters. The summed E-state index contributed by atoms with van der Waals surface area (Å²) in [6.45, 7) is 3.73. The fourth-order valence-corrected chi connectivity index (χ4v) is 2.84. The molecule has 3 amide bonds. The number of urea groups is 1. The summed E-state index contributed by atoms with van der Waals surface area (Å²) in [5.41, 5.74) is 0.913. The maximum atomic E-state index is 12.5. The van der Waals surface area contributed by atoms with Crippen molar-refractivity contribution < 1.29 is 18.8 Å². The molecule has 2 aromatic rings. The number of aromatic nitrogens is 1. The maximum Gasteiger partial charge on any atom is 0.323 e. The van der Waals surface area contributed by atoms with E-state index in [9.17, 15) is 9.59 Å². The first-order chi connectivity index (χ1) is 12.5. The number of amides is 3. The minimum atomic E-state index is -0.238. The van der Waals surface area contributed by atoms with Crippen LogP contribution < -0.4 is 10.1 Å². The number of methoxy groups -OCH3 is 1. The van der Waals surface area contributed by atoms with E-state index >= 15 is 0 Å². The van der Waals surface area contributed by atoms with Crippen LogP contribution in [-0.2, 0) is 11.2 Å². The molecule has 1 aliphatic rings. The molecule has 1 N–H and O–H groups in total. The Hall–Kier alpha value is -3.03. The zero-order chi connectivity index (χ0) is 18.5. The van der Waals surface area contributed by atoms with Crippen molar-refractivity contribution in [2.24, 2.45) is 0 Å². The Bertz CT molecular complexity index is 781. The third-order valence-electron chi connectivity index (χ3n) is 4.27. The van der Waals surface area contributed by atoms with Crippen molar-refractivity contribution in [2.45, 2.75) is 13.3 Å². The molecule has 1 aromatic heterocycles. The van der Waals surface area contributed by atoms with Crippen molar-refractivity contribution >= 4 is 17.8 Å². The van der Waals surface area contributed by atoms with E-state index in [4.69, 9.17) is 9.26 Å². The quantitative estimate of drug-likeness (QED) is 0.902. The number of hydrogen-bond acceptors (Lipinski definition) is 5. The topological polar surface area (TPSA) is 87.9 Å². The molecule has 138 valence electrons. The summed E-state index contributed by atoms with van der Waals surface area (Å²) in [5, 5.41) is 6.44. The van der Waals surface area contributed by atoms with Gasteiger partial charge < -0.3 is 19.1 Å². The Morgan fingerprint density at radius 3 is 2.58 bits per heavy atom. The standard InChI is InChI=1S/C18H22N4O4/c1-13-10-16(20-26-13)19-18(24)22-8-6-21(7-9-22)17(23)12-14-4-3-5-15(11-14)25-2/h3-5,10-11H,6-9,12H2,1-2H3,(H,19,20,24). The number of rotatable bonds is 4. The van der Waals surface area contributed by atoms with Gasteiger partial charge in [-0.3, -0.25) is 10.1 Å². The summed E-state index contributed by atoms with van der Waals surface area (Å²) in [4.78, 5) is 28.2. The van der Waals surface area contributed by atoms with Crippen LogP contribution in [0.1, 0.15) is 11.3 Å². The van der Waals surface area contributed by atoms with Crippen LogP contribution >= 0.6 is 0 Å². The summed E-state index contributed by atoms with van der Waals surface area (Å²) in [6, 6.07) is 8.91. The molecule has 1 aliphatic heterocycles. The van der Waals surface area contributed by atoms with Crippen molar-refractivity contribution in [1.82, 2.24) is 15.0 Å². The Balaban J connectivity index is 1.49. The number of carbonyl (C=O) groups is 2. The lowest BCUT2D eigenvalue weighted by atomic mass is 10.1. The molecule has 3 rings (SSSR count). The van der Waals surface area contributed by atoms with Crippen LogP contribution in [0.5, 0.6) is 5.75 Å². The van der Waals surface area contributed by atoms with Gasteiger partial charge >= 0.3 is 6.03 Å². The summed E-state index contributed by atoms with van der Waals surface area (Å²) >= 11 is 0. The molecule has 0 radical (unpaired) electrons. The Morgan fingerprint density at radius 2 is 1.92 bits per heavy atom. The minimum absolute atomic E-state index is 0.0467. The number of aryl methyl sites for hydroxylation is 1. The van der Waals surface area contributed by atoms with Crippen LogP contribution in [0.2, 0.25) is 0 Å². The smallest absolute Gasteiger partial charge is 0.323 e. The van der Waals surface area contributed by atoms with Gasteiger partial charge in [0.2, 0.25) is 5.91 Å². The number of benzene rings is 1. The fourth-order valence-electron chi connectivity index (χ4n) is 2.84. The number of anilines is 1. The van der Waals surface area contributed by atoms with Gasteiger partial charge in [-0.15, -0.1) is 0 Å². The maximum absolute atomic E-state index is 12.5. The Labute approximate surface area is 151 Å². The van der Waals surface area contributed by atoms with E-state index in [0.29, 0.717) is 44.2 Å². The molecule has 2 heterocycles. The molecule has 0 aliphatic carbocycles. The van der Waals surface area contributed by atoms with Gasteiger partial charge in [-0.1, -0.05) is 17.3 Å². The monoisotopic (exact) mass is 358 g/mol. The van der Waals surface area contributed by atoms with Crippen LogP contribution in [0.25, 0.3) is 0 Å². The second kappa shape index (κ2) is 7.90. The first kappa shape index (κ1) is 17.8. The average molecular weight is 358 g/mol. The van der Waals surface area contributed by atoms with Crippen molar-refractivity contribution in [3.8, 4) is 5.75 Å². The molecule has 0 saturated carbocycles. The van der Waals surface area contributed by atoms with Gasteiger partial charge in [-0.05, 0) is 24.6 Å². The Kier molecular flexibility index (Phi) is 5.40. The lowest BCUT2D eigenvalue weighted by Crippen LogP contribution is -2.52. The first-order valence-corrected chi connectivity index (χ1v) is 8.45. The van der Waals surface area contributed by atoms with E-state index in [1.54, 1.807) is 29.9 Å². The fraction of sp³-hybridized carbons (Fsp3) is 0.389. The van der Waals surface area contributed by atoms with Crippen molar-refractivity contribution in [3.63, 3.8) is 0 Å². The molecule has 8 heteroatoms. The predicted molar refractivity (Wildman–Crippen MR) is 95.1 cm³/mol. The summed E-state index contributed by atoms with van der Waals surface area (Å²) in [6.07, 6.45) is 0.321. The predicted octanol–water partition coefficient (Wildman–Crippen LogP) is 1.91. The van der Waals surface area contributed by atoms with Gasteiger partial charge in [0.15, 0.2) is 5.82 Å². The Morgan fingerprint density at radius 1 is 1.19 bits per heavy atom. The summed E-state index contributed by atoms with van der Waals surface area (Å²) < 4.78 is 10.1. The van der Waals surface area contributed by atoms with Gasteiger partial charge in [0.1, 0.15) is 11.5 Å². The molecule has 1 saturated heterocycles. The normalized spacial score (nSPS) is 14.2. The van der Waals surface area contributed by atoms with Crippen molar-refractivity contribution in [3.05, 3.63) is 41.7 Å². The van der Waals surface area contributed by atoms with E-state index < -0.39 is 0 Å². The van der Waals surface area contributed by atoms with Crippen LogP contribution in [0.3, 0.4) is 0 Å². The van der Waals surface area contributed by atoms with Crippen LogP contribution in [0, 0.1) is 6.92 Å². The van der Waals surface area contributed by atoms with Gasteiger partial charge in [0.05, 0.1) is 13.5 Å². The van der Waals surface area contributed by atoms with Crippen molar-refractivity contribution in [1.29, 1.82) is 0 Å². The van der Waals surface area contributed by atoms with Crippen LogP contribution in [0.4, 0.5) is 10.6 Å². The largest absolute Gasteiger partial charge is 0.497 e. The molecule has 8 nitrogen and oxygen atoms in total. The van der Waals surface area contributed by atoms with Crippen LogP contribution in [0.15, 0.2) is 34.9 Å². The van der Waals surface area contributed by atoms with Gasteiger partial charge in [-0.2, -0.15) is 0 Å². The highest BCUT2D eigenvalue weighted by Gasteiger charge is 2.24. The zero-order valence-corrected chi connectivity index (χ0v) is 14.9. The number of nitrogens with one attached hydrogen (secondary N) is 1. The van der Waals surface area contributed by atoms with Gasteiger partial charge in [0, 0.05) is 32.2 Å². The van der Waals surface area contributed by atoms with Crippen molar-refractivity contribution in [2.75, 3.05) is 38.6 Å². The molecule has 26 heavy (non-hydrogen) atoms. The minimum Gasteiger partial charge on any atom is -0.497 e. The molecule has 0 bridgehead atoms. The average Bonchev–Trinajstić information content (AvgIpc) is 3.06. The molecular formula is C18H22N4O4. The van der Waals surface area contributed by atoms with E-state index in [2.05, 4.69) is 10.5 Å². The van der Waals surface area contributed by atoms with Crippen LogP contribution in [-0.4, -0.2) is 60.2 Å². The molecular weight excluding hydrogens is 336 g/mol. The lowest BCUT2D eigenvalue weighted by molar-refractivity contribution is -0.131. The van der Waals surface area contributed by atoms with E-state index in [0.717, 1.165) is 11.3 Å². The highest BCUT2D eigenvalue weighted by molar-refractivity contribution is 5.88. The second-order valence-corrected chi connectivity index (χ2v) is 6.15. The number of carbonyl (C=O) groups excluding carboxylic acids is 2. The SMILES string of the molecule is COc1cccc(CC(=O)N2CCN(C(=O)Nc3cc(C)on3)CC2)c1. The number of nitrogens with zero attached hydrogens (tertiary/aromatic N) is 3. The second-order valence-electron chi connectivity index (χ2n) is 6.15. The molecule has 0 spiro atoms. The number of ether oxygens (including phenoxy) is 1. The lowest BCUT2D eigenvalue weighted by Gasteiger charge is -2.34. The van der Waals surface area contributed by atoms with E-state index in [1.165, 1.54) is 0 Å². The van der Waals surface area contributed by atoms with E-state index in [-0.39, 0.29) is 11.9 Å². The summed E-state index contributed by atoms with van der Waals surface area (Å²) in [7, 11) is 1.60. The van der Waals surface area contributed by atoms with E-state index in [1.807, 2.05) is 24.3 Å². The third-order valence-corrected chi connectivity index (χ3v) is 4.27. The highest BCUT2D eigenvalue weighted by atomic mass is 16.5. The number of hydrogen-bond donors (Lipinski definition) is 1. The first-order valence-electron chi connectivity index (χ1n) is 8.45. The summed E-state index contributed by atoms with van der Waals surface area (Å²) in [5.74, 6) is 1.81. The highest BCUT2D eigenvalue weighted by Crippen LogP contribution is 2.15. The number of piperazine rings is 1. The molecule has 0 atom stereocenters. The van der Waals surface area contributed by atoms with Gasteiger partial charge in [-0.25, -0.2) is 4.79 Å². The molecule has 1 aromatic carbocycles.